The molecule has 2 rings (SSSR count). The van der Waals surface area contributed by atoms with Gasteiger partial charge in [-0.25, -0.2) is 0 Å². The van der Waals surface area contributed by atoms with Crippen LogP contribution in [0.4, 0.5) is 0 Å². The van der Waals surface area contributed by atoms with Gasteiger partial charge in [0.25, 0.3) is 0 Å². The molecule has 2 aliphatic rings. The van der Waals surface area contributed by atoms with E-state index in [0.29, 0.717) is 0 Å². The quantitative estimate of drug-likeness (QED) is 0.615. The molecule has 0 aromatic rings. The Morgan fingerprint density at radius 1 is 1.31 bits per heavy atom. The van der Waals surface area contributed by atoms with Gasteiger partial charge >= 0.3 is 0 Å². The molecule has 0 saturated heterocycles. The van der Waals surface area contributed by atoms with E-state index in [9.17, 15) is 0 Å². The molecule has 2 heterocycles. The van der Waals surface area contributed by atoms with E-state index in [1.165, 1.54) is 5.56 Å². The molecule has 13 heavy (non-hydrogen) atoms. The van der Waals surface area contributed by atoms with Crippen LogP contribution in [0.15, 0.2) is 29.0 Å². The molecule has 0 radical (unpaired) electrons. The highest BCUT2D eigenvalue weighted by Gasteiger charge is 2.17. The second kappa shape index (κ2) is 2.59. The SMILES string of the molecule is CC(C)(C)c1coc2ccnc-2c1. The minimum Gasteiger partial charge on any atom is -0.462 e. The molecular formula is C11H13NO. The van der Waals surface area contributed by atoms with Gasteiger partial charge in [-0.3, -0.25) is 4.98 Å². The summed E-state index contributed by atoms with van der Waals surface area (Å²) in [5.74, 6) is 0.855. The predicted molar refractivity (Wildman–Crippen MR) is 51.8 cm³/mol. The van der Waals surface area contributed by atoms with Crippen LogP contribution in [0.25, 0.3) is 11.5 Å². The minimum atomic E-state index is 0.122. The Hall–Kier alpha value is -1.31. The average Bonchev–Trinajstić information content (AvgIpc) is 2.47. The molecule has 2 aliphatic heterocycles. The monoisotopic (exact) mass is 175 g/mol. The number of hydrogen-bond acceptors (Lipinski definition) is 2. The van der Waals surface area contributed by atoms with Gasteiger partial charge in [-0.15, -0.1) is 0 Å². The van der Waals surface area contributed by atoms with Crippen molar-refractivity contribution in [1.82, 2.24) is 4.98 Å². The van der Waals surface area contributed by atoms with Gasteiger partial charge in [0.1, 0.15) is 5.69 Å². The fourth-order valence-corrected chi connectivity index (χ4v) is 1.24. The van der Waals surface area contributed by atoms with Gasteiger partial charge in [-0.05, 0) is 17.0 Å². The van der Waals surface area contributed by atoms with Crippen LogP contribution in [-0.4, -0.2) is 4.98 Å². The standard InChI is InChI=1S/C11H13NO/c1-11(2,3)8-6-9-10(13-7-8)4-5-12-9/h4-7H,1-3H3. The summed E-state index contributed by atoms with van der Waals surface area (Å²) < 4.78 is 5.45. The Morgan fingerprint density at radius 2 is 2.08 bits per heavy atom. The lowest BCUT2D eigenvalue weighted by molar-refractivity contribution is 0.513. The summed E-state index contributed by atoms with van der Waals surface area (Å²) in [4.78, 5) is 4.20. The summed E-state index contributed by atoms with van der Waals surface area (Å²) in [6, 6.07) is 3.96. The van der Waals surface area contributed by atoms with Gasteiger partial charge in [-0.1, -0.05) is 20.8 Å². The maximum absolute atomic E-state index is 5.45. The molecule has 0 N–H and O–H groups in total. The highest BCUT2D eigenvalue weighted by Crippen LogP contribution is 2.28. The lowest BCUT2D eigenvalue weighted by Crippen LogP contribution is -2.10. The van der Waals surface area contributed by atoms with Gasteiger partial charge in [0.15, 0.2) is 5.76 Å². The van der Waals surface area contributed by atoms with Crippen LogP contribution in [0.2, 0.25) is 0 Å². The minimum absolute atomic E-state index is 0.122. The number of nitrogens with zero attached hydrogens (tertiary/aromatic N) is 1. The van der Waals surface area contributed by atoms with Crippen LogP contribution in [0.1, 0.15) is 26.3 Å². The molecule has 0 spiro atoms. The molecule has 0 aromatic heterocycles. The van der Waals surface area contributed by atoms with Gasteiger partial charge < -0.3 is 4.42 Å². The zero-order chi connectivity index (χ0) is 9.47. The highest BCUT2D eigenvalue weighted by atomic mass is 16.3. The first-order chi connectivity index (χ1) is 6.07. The van der Waals surface area contributed by atoms with E-state index < -0.39 is 0 Å². The second-order valence-electron chi connectivity index (χ2n) is 4.28. The Kier molecular flexibility index (Phi) is 1.65. The Bertz CT molecular complexity index is 384. The molecule has 0 unspecified atom stereocenters. The van der Waals surface area contributed by atoms with Gasteiger partial charge in [0.05, 0.1) is 6.26 Å². The summed E-state index contributed by atoms with van der Waals surface area (Å²) in [7, 11) is 0. The van der Waals surface area contributed by atoms with Crippen molar-refractivity contribution >= 4 is 0 Å². The van der Waals surface area contributed by atoms with Crippen molar-refractivity contribution in [1.29, 1.82) is 0 Å². The number of hydrogen-bond donors (Lipinski definition) is 0. The first kappa shape index (κ1) is 8.30. The van der Waals surface area contributed by atoms with Crippen LogP contribution < -0.4 is 0 Å². The van der Waals surface area contributed by atoms with Crippen molar-refractivity contribution in [2.45, 2.75) is 26.2 Å². The van der Waals surface area contributed by atoms with Crippen molar-refractivity contribution in [3.05, 3.63) is 30.2 Å². The van der Waals surface area contributed by atoms with Crippen molar-refractivity contribution < 1.29 is 4.42 Å². The number of rotatable bonds is 0. The van der Waals surface area contributed by atoms with Gasteiger partial charge in [0, 0.05) is 12.3 Å². The lowest BCUT2D eigenvalue weighted by atomic mass is 9.88. The molecular weight excluding hydrogens is 162 g/mol. The van der Waals surface area contributed by atoms with Crippen molar-refractivity contribution in [3.8, 4) is 11.5 Å². The molecule has 2 nitrogen and oxygen atoms in total. The Balaban J connectivity index is 2.56. The zero-order valence-corrected chi connectivity index (χ0v) is 8.16. The third kappa shape index (κ3) is 1.44. The molecule has 68 valence electrons. The average molecular weight is 175 g/mol. The maximum atomic E-state index is 5.45. The van der Waals surface area contributed by atoms with Crippen LogP contribution in [0, 0.1) is 0 Å². The second-order valence-corrected chi connectivity index (χ2v) is 4.28. The zero-order valence-electron chi connectivity index (χ0n) is 8.16. The molecule has 0 amide bonds. The van der Waals surface area contributed by atoms with Crippen LogP contribution in [0.5, 0.6) is 0 Å². The maximum Gasteiger partial charge on any atom is 0.153 e. The largest absolute Gasteiger partial charge is 0.462 e. The van der Waals surface area contributed by atoms with E-state index in [-0.39, 0.29) is 5.41 Å². The Morgan fingerprint density at radius 3 is 2.77 bits per heavy atom. The fourth-order valence-electron chi connectivity index (χ4n) is 1.24. The van der Waals surface area contributed by atoms with Gasteiger partial charge in [0.2, 0.25) is 0 Å². The summed E-state index contributed by atoms with van der Waals surface area (Å²) in [5.41, 5.74) is 2.24. The van der Waals surface area contributed by atoms with Crippen molar-refractivity contribution in [2.24, 2.45) is 0 Å². The topological polar surface area (TPSA) is 26.0 Å². The van der Waals surface area contributed by atoms with E-state index >= 15 is 0 Å². The summed E-state index contributed by atoms with van der Waals surface area (Å²) in [5, 5.41) is 0. The molecule has 0 saturated carbocycles. The van der Waals surface area contributed by atoms with Gasteiger partial charge in [-0.2, -0.15) is 0 Å². The van der Waals surface area contributed by atoms with E-state index in [2.05, 4.69) is 31.8 Å². The normalized spacial score (nSPS) is 12.2. The van der Waals surface area contributed by atoms with Crippen molar-refractivity contribution in [3.63, 3.8) is 0 Å². The van der Waals surface area contributed by atoms with Crippen LogP contribution >= 0.6 is 0 Å². The fraction of sp³-hybridized carbons (Fsp3) is 0.364. The molecule has 2 heteroatoms. The summed E-state index contributed by atoms with van der Waals surface area (Å²) in [6.07, 6.45) is 3.57. The van der Waals surface area contributed by atoms with Crippen LogP contribution in [-0.2, 0) is 5.41 Å². The van der Waals surface area contributed by atoms with E-state index in [4.69, 9.17) is 4.42 Å². The highest BCUT2D eigenvalue weighted by molar-refractivity contribution is 5.54. The van der Waals surface area contributed by atoms with E-state index in [1.54, 1.807) is 6.20 Å². The van der Waals surface area contributed by atoms with Crippen LogP contribution in [0.3, 0.4) is 0 Å². The Labute approximate surface area is 77.9 Å². The summed E-state index contributed by atoms with van der Waals surface area (Å²) >= 11 is 0. The lowest BCUT2D eigenvalue weighted by Gasteiger charge is -2.18. The molecule has 0 bridgehead atoms. The first-order valence-corrected chi connectivity index (χ1v) is 4.41. The molecule has 0 atom stereocenters. The number of aromatic nitrogens is 1. The first-order valence-electron chi connectivity index (χ1n) is 4.41. The summed E-state index contributed by atoms with van der Waals surface area (Å²) in [6.45, 7) is 6.48. The number of fused-ring (bicyclic) bond motifs is 1. The third-order valence-corrected chi connectivity index (χ3v) is 2.16. The molecule has 0 fully saturated rings. The third-order valence-electron chi connectivity index (χ3n) is 2.16. The van der Waals surface area contributed by atoms with E-state index in [1.807, 2.05) is 12.3 Å². The molecule has 0 aliphatic carbocycles. The molecule has 0 aromatic carbocycles. The smallest absolute Gasteiger partial charge is 0.153 e. The van der Waals surface area contributed by atoms with Crippen molar-refractivity contribution in [2.75, 3.05) is 0 Å². The predicted octanol–water partition coefficient (Wildman–Crippen LogP) is 3.08. The van der Waals surface area contributed by atoms with E-state index in [0.717, 1.165) is 11.5 Å².